The molecule has 126 valence electrons. The fraction of sp³-hybridized carbons (Fsp3) is 0.529. The Hall–Kier alpha value is -2.44. The van der Waals surface area contributed by atoms with Crippen LogP contribution in [0.3, 0.4) is 0 Å². The molecule has 1 aliphatic heterocycles. The molecule has 4 rings (SSSR count). The van der Waals surface area contributed by atoms with Crippen molar-refractivity contribution in [3.8, 4) is 5.95 Å². The quantitative estimate of drug-likeness (QED) is 0.865. The number of likely N-dealkylation sites (N-methyl/N-ethyl adjacent to an activating group) is 1. The van der Waals surface area contributed by atoms with Crippen molar-refractivity contribution in [1.29, 1.82) is 0 Å². The van der Waals surface area contributed by atoms with Gasteiger partial charge in [0, 0.05) is 25.5 Å². The van der Waals surface area contributed by atoms with Gasteiger partial charge in [-0.1, -0.05) is 19.8 Å². The Morgan fingerprint density at radius 1 is 1.29 bits per heavy atom. The lowest BCUT2D eigenvalue weighted by Gasteiger charge is -2.43. The van der Waals surface area contributed by atoms with Gasteiger partial charge in [0.15, 0.2) is 5.82 Å². The predicted molar refractivity (Wildman–Crippen MR) is 91.4 cm³/mol. The number of hydrogen-bond acceptors (Lipinski definition) is 5. The third kappa shape index (κ3) is 2.26. The summed E-state index contributed by atoms with van der Waals surface area (Å²) in [7, 11) is 1.81. The number of amides is 1. The summed E-state index contributed by atoms with van der Waals surface area (Å²) < 4.78 is 1.66. The second-order valence-corrected chi connectivity index (χ2v) is 6.50. The first kappa shape index (κ1) is 15.1. The van der Waals surface area contributed by atoms with Crippen LogP contribution in [0.4, 0.5) is 11.5 Å². The number of rotatable bonds is 3. The lowest BCUT2D eigenvalue weighted by Crippen LogP contribution is -2.55. The van der Waals surface area contributed by atoms with Crippen LogP contribution < -0.4 is 9.80 Å². The van der Waals surface area contributed by atoms with Gasteiger partial charge in [0.2, 0.25) is 5.91 Å². The molecule has 0 aromatic carbocycles. The zero-order valence-electron chi connectivity index (χ0n) is 14.1. The van der Waals surface area contributed by atoms with Crippen molar-refractivity contribution < 1.29 is 4.79 Å². The Morgan fingerprint density at radius 3 is 2.75 bits per heavy atom. The summed E-state index contributed by atoms with van der Waals surface area (Å²) in [6, 6.07) is 2.08. The first-order chi connectivity index (χ1) is 11.7. The molecule has 2 aromatic heterocycles. The Bertz CT molecular complexity index is 738. The summed E-state index contributed by atoms with van der Waals surface area (Å²) in [4.78, 5) is 25.9. The van der Waals surface area contributed by atoms with Crippen LogP contribution in [0.1, 0.15) is 39.0 Å². The minimum Gasteiger partial charge on any atom is -0.340 e. The third-order valence-electron chi connectivity index (χ3n) is 5.11. The highest BCUT2D eigenvalue weighted by Gasteiger charge is 2.41. The SMILES string of the molecule is CC[C@@H]1C(=O)N(C)c2cnc(-n3cccn3)nc2N1C1CCCC1. The van der Waals surface area contributed by atoms with Crippen LogP contribution in [0.25, 0.3) is 5.95 Å². The summed E-state index contributed by atoms with van der Waals surface area (Å²) in [6.45, 7) is 2.07. The smallest absolute Gasteiger partial charge is 0.252 e. The molecule has 0 saturated heterocycles. The molecule has 7 nitrogen and oxygen atoms in total. The minimum atomic E-state index is -0.147. The molecule has 1 saturated carbocycles. The van der Waals surface area contributed by atoms with Crippen molar-refractivity contribution in [3.63, 3.8) is 0 Å². The molecule has 0 unspecified atom stereocenters. The van der Waals surface area contributed by atoms with Gasteiger partial charge in [-0.15, -0.1) is 0 Å². The largest absolute Gasteiger partial charge is 0.340 e. The van der Waals surface area contributed by atoms with Crippen molar-refractivity contribution in [2.24, 2.45) is 0 Å². The fourth-order valence-electron chi connectivity index (χ4n) is 3.87. The van der Waals surface area contributed by atoms with Crippen LogP contribution >= 0.6 is 0 Å². The zero-order valence-corrected chi connectivity index (χ0v) is 14.1. The molecule has 1 amide bonds. The molecular formula is C17H22N6O. The van der Waals surface area contributed by atoms with Crippen LogP contribution in [0.15, 0.2) is 24.7 Å². The molecule has 2 aliphatic rings. The van der Waals surface area contributed by atoms with Crippen molar-refractivity contribution in [3.05, 3.63) is 24.7 Å². The standard InChI is InChI=1S/C17H22N6O/c1-3-13-16(24)21(2)14-11-18-17(22-10-6-9-19-22)20-15(14)23(13)12-7-4-5-8-12/h6,9-13H,3-5,7-8H2,1-2H3/t13-/m1/s1. The van der Waals surface area contributed by atoms with E-state index < -0.39 is 0 Å². The van der Waals surface area contributed by atoms with E-state index in [1.165, 1.54) is 12.8 Å². The number of nitrogens with zero attached hydrogens (tertiary/aromatic N) is 6. The molecule has 0 radical (unpaired) electrons. The summed E-state index contributed by atoms with van der Waals surface area (Å²) in [5, 5.41) is 4.22. The Balaban J connectivity index is 1.84. The molecule has 1 fully saturated rings. The van der Waals surface area contributed by atoms with Crippen LogP contribution in [-0.2, 0) is 4.79 Å². The number of carbonyl (C=O) groups excluding carboxylic acids is 1. The van der Waals surface area contributed by atoms with Crippen LogP contribution in [0, 0.1) is 0 Å². The van der Waals surface area contributed by atoms with E-state index in [0.717, 1.165) is 30.8 Å². The molecule has 0 bridgehead atoms. The van der Waals surface area contributed by atoms with E-state index in [0.29, 0.717) is 12.0 Å². The summed E-state index contributed by atoms with van der Waals surface area (Å²) in [5.41, 5.74) is 0.785. The molecule has 3 heterocycles. The van der Waals surface area contributed by atoms with E-state index in [4.69, 9.17) is 4.98 Å². The van der Waals surface area contributed by atoms with E-state index in [1.807, 2.05) is 19.3 Å². The van der Waals surface area contributed by atoms with Gasteiger partial charge in [-0.2, -0.15) is 10.1 Å². The Morgan fingerprint density at radius 2 is 2.08 bits per heavy atom. The predicted octanol–water partition coefficient (Wildman–Crippen LogP) is 2.17. The molecule has 24 heavy (non-hydrogen) atoms. The van der Waals surface area contributed by atoms with Gasteiger partial charge in [0.05, 0.1) is 6.20 Å². The lowest BCUT2D eigenvalue weighted by atomic mass is 10.0. The monoisotopic (exact) mass is 326 g/mol. The van der Waals surface area contributed by atoms with Crippen LogP contribution in [0.2, 0.25) is 0 Å². The van der Waals surface area contributed by atoms with Gasteiger partial charge in [-0.05, 0) is 25.3 Å². The summed E-state index contributed by atoms with van der Waals surface area (Å²) >= 11 is 0. The highest BCUT2D eigenvalue weighted by molar-refractivity contribution is 6.04. The van der Waals surface area contributed by atoms with Gasteiger partial charge in [-0.3, -0.25) is 4.79 Å². The molecule has 1 atom stereocenters. The molecule has 7 heteroatoms. The van der Waals surface area contributed by atoms with Crippen molar-refractivity contribution in [2.45, 2.75) is 51.1 Å². The lowest BCUT2D eigenvalue weighted by molar-refractivity contribution is -0.120. The van der Waals surface area contributed by atoms with Crippen molar-refractivity contribution >= 4 is 17.4 Å². The maximum Gasteiger partial charge on any atom is 0.252 e. The maximum atomic E-state index is 12.8. The van der Waals surface area contributed by atoms with Crippen molar-refractivity contribution in [1.82, 2.24) is 19.7 Å². The van der Waals surface area contributed by atoms with Gasteiger partial charge < -0.3 is 9.80 Å². The van der Waals surface area contributed by atoms with Crippen molar-refractivity contribution in [2.75, 3.05) is 16.8 Å². The zero-order chi connectivity index (χ0) is 16.7. The van der Waals surface area contributed by atoms with Crippen LogP contribution in [0.5, 0.6) is 0 Å². The normalized spacial score (nSPS) is 21.4. The highest BCUT2D eigenvalue weighted by Crippen LogP contribution is 2.39. The maximum absolute atomic E-state index is 12.8. The second kappa shape index (κ2) is 5.89. The molecule has 0 spiro atoms. The topological polar surface area (TPSA) is 67.2 Å². The highest BCUT2D eigenvalue weighted by atomic mass is 16.2. The molecule has 0 N–H and O–H groups in total. The van der Waals surface area contributed by atoms with E-state index in [9.17, 15) is 4.79 Å². The first-order valence-electron chi connectivity index (χ1n) is 8.63. The van der Waals surface area contributed by atoms with E-state index in [1.54, 1.807) is 22.0 Å². The molecular weight excluding hydrogens is 304 g/mol. The summed E-state index contributed by atoms with van der Waals surface area (Å²) in [5.74, 6) is 1.53. The van der Waals surface area contributed by atoms with E-state index >= 15 is 0 Å². The summed E-state index contributed by atoms with van der Waals surface area (Å²) in [6.07, 6.45) is 10.7. The number of aromatic nitrogens is 4. The molecule has 1 aliphatic carbocycles. The number of hydrogen-bond donors (Lipinski definition) is 0. The number of anilines is 2. The minimum absolute atomic E-state index is 0.132. The molecule has 2 aromatic rings. The fourth-order valence-corrected chi connectivity index (χ4v) is 3.87. The first-order valence-corrected chi connectivity index (χ1v) is 8.63. The van der Waals surface area contributed by atoms with Crippen LogP contribution in [-0.4, -0.2) is 44.8 Å². The average molecular weight is 326 g/mol. The number of carbonyl (C=O) groups is 1. The Labute approximate surface area is 141 Å². The van der Waals surface area contributed by atoms with Gasteiger partial charge in [0.25, 0.3) is 5.95 Å². The van der Waals surface area contributed by atoms with Gasteiger partial charge >= 0.3 is 0 Å². The van der Waals surface area contributed by atoms with Gasteiger partial charge in [0.1, 0.15) is 11.7 Å². The Kier molecular flexibility index (Phi) is 3.70. The number of fused-ring (bicyclic) bond motifs is 1. The second-order valence-electron chi connectivity index (χ2n) is 6.50. The van der Waals surface area contributed by atoms with E-state index in [-0.39, 0.29) is 11.9 Å². The average Bonchev–Trinajstić information content (AvgIpc) is 3.30. The van der Waals surface area contributed by atoms with Gasteiger partial charge in [-0.25, -0.2) is 9.67 Å². The third-order valence-corrected chi connectivity index (χ3v) is 5.11. The van der Waals surface area contributed by atoms with E-state index in [2.05, 4.69) is 21.9 Å².